The number of carbonyl (C=O) groups is 1. The molecule has 0 fully saturated rings. The molecule has 3 nitrogen and oxygen atoms in total. The molecular weight excluding hydrogens is 341 g/mol. The van der Waals surface area contributed by atoms with Crippen molar-refractivity contribution < 1.29 is 9.21 Å². The molecule has 0 radical (unpaired) electrons. The van der Waals surface area contributed by atoms with Gasteiger partial charge in [0.25, 0.3) is 5.91 Å². The second kappa shape index (κ2) is 5.56. The number of amides is 1. The van der Waals surface area contributed by atoms with Gasteiger partial charge in [-0.15, -0.1) is 0 Å². The molecule has 1 aromatic carbocycles. The third kappa shape index (κ3) is 2.93. The van der Waals surface area contributed by atoms with Crippen LogP contribution in [0.4, 0.5) is 0 Å². The Morgan fingerprint density at radius 3 is 2.61 bits per heavy atom. The molecule has 0 N–H and O–H groups in total. The van der Waals surface area contributed by atoms with Gasteiger partial charge < -0.3 is 9.32 Å². The Labute approximate surface area is 120 Å². The van der Waals surface area contributed by atoms with Crippen LogP contribution in [0, 0.1) is 10.5 Å². The molecular formula is C14H14INO2. The number of carbonyl (C=O) groups excluding carboxylic acids is 1. The van der Waals surface area contributed by atoms with Gasteiger partial charge in [0, 0.05) is 10.6 Å². The van der Waals surface area contributed by atoms with E-state index in [2.05, 4.69) is 22.6 Å². The summed E-state index contributed by atoms with van der Waals surface area (Å²) in [5, 5.41) is 0. The van der Waals surface area contributed by atoms with Crippen molar-refractivity contribution >= 4 is 28.5 Å². The summed E-state index contributed by atoms with van der Waals surface area (Å²) in [5.74, 6) is 1.67. The first-order valence-corrected chi connectivity index (χ1v) is 6.71. The summed E-state index contributed by atoms with van der Waals surface area (Å²) in [5.41, 5.74) is 0.726. The highest BCUT2D eigenvalue weighted by Crippen LogP contribution is 2.15. The van der Waals surface area contributed by atoms with Crippen molar-refractivity contribution in [2.24, 2.45) is 0 Å². The number of benzene rings is 1. The number of rotatable bonds is 3. The fraction of sp³-hybridized carbons (Fsp3) is 0.214. The maximum atomic E-state index is 12.3. The lowest BCUT2D eigenvalue weighted by Gasteiger charge is -2.16. The van der Waals surface area contributed by atoms with E-state index in [0.717, 1.165) is 20.7 Å². The van der Waals surface area contributed by atoms with Crippen LogP contribution in [0.15, 0.2) is 40.8 Å². The van der Waals surface area contributed by atoms with Crippen molar-refractivity contribution in [2.45, 2.75) is 13.5 Å². The van der Waals surface area contributed by atoms with E-state index in [9.17, 15) is 4.79 Å². The van der Waals surface area contributed by atoms with Crippen LogP contribution >= 0.6 is 22.6 Å². The molecule has 0 saturated heterocycles. The van der Waals surface area contributed by atoms with E-state index in [-0.39, 0.29) is 5.91 Å². The average molecular weight is 355 g/mol. The van der Waals surface area contributed by atoms with Crippen molar-refractivity contribution in [1.29, 1.82) is 0 Å². The Balaban J connectivity index is 2.12. The lowest BCUT2D eigenvalue weighted by Crippen LogP contribution is -2.26. The van der Waals surface area contributed by atoms with Crippen LogP contribution in [0.2, 0.25) is 0 Å². The molecule has 94 valence electrons. The standard InChI is InChI=1S/C14H14INO2/c1-10-7-8-11(18-10)9-16(2)14(17)12-5-3-4-6-13(12)15/h3-8H,9H2,1-2H3. The van der Waals surface area contributed by atoms with Gasteiger partial charge in [0.1, 0.15) is 11.5 Å². The van der Waals surface area contributed by atoms with Gasteiger partial charge in [0.15, 0.2) is 0 Å². The van der Waals surface area contributed by atoms with Crippen molar-refractivity contribution in [1.82, 2.24) is 4.90 Å². The van der Waals surface area contributed by atoms with Gasteiger partial charge in [-0.2, -0.15) is 0 Å². The van der Waals surface area contributed by atoms with Crippen molar-refractivity contribution in [3.05, 3.63) is 57.1 Å². The Bertz CT molecular complexity index is 562. The topological polar surface area (TPSA) is 33.5 Å². The summed E-state index contributed by atoms with van der Waals surface area (Å²) in [4.78, 5) is 13.9. The molecule has 2 rings (SSSR count). The van der Waals surface area contributed by atoms with Gasteiger partial charge in [-0.3, -0.25) is 4.79 Å². The van der Waals surface area contributed by atoms with Crippen LogP contribution in [0.1, 0.15) is 21.9 Å². The van der Waals surface area contributed by atoms with Gasteiger partial charge in [0.05, 0.1) is 12.1 Å². The van der Waals surface area contributed by atoms with E-state index in [1.807, 2.05) is 43.3 Å². The van der Waals surface area contributed by atoms with Crippen molar-refractivity contribution in [3.63, 3.8) is 0 Å². The first kappa shape index (κ1) is 13.1. The summed E-state index contributed by atoms with van der Waals surface area (Å²) in [6, 6.07) is 11.4. The monoisotopic (exact) mass is 355 g/mol. The summed E-state index contributed by atoms with van der Waals surface area (Å²) in [6.45, 7) is 2.38. The molecule has 0 saturated carbocycles. The number of furan rings is 1. The molecule has 4 heteroatoms. The molecule has 0 atom stereocenters. The van der Waals surface area contributed by atoms with E-state index in [4.69, 9.17) is 4.42 Å². The van der Waals surface area contributed by atoms with Gasteiger partial charge in [-0.1, -0.05) is 12.1 Å². The zero-order chi connectivity index (χ0) is 13.1. The molecule has 0 aliphatic carbocycles. The van der Waals surface area contributed by atoms with Crippen LogP contribution in [-0.4, -0.2) is 17.9 Å². The minimum absolute atomic E-state index is 0.00838. The highest BCUT2D eigenvalue weighted by Gasteiger charge is 2.15. The van der Waals surface area contributed by atoms with Crippen LogP contribution in [0.25, 0.3) is 0 Å². The molecule has 0 unspecified atom stereocenters. The number of aryl methyl sites for hydroxylation is 1. The summed E-state index contributed by atoms with van der Waals surface area (Å²) in [7, 11) is 1.78. The molecule has 1 aromatic heterocycles. The van der Waals surface area contributed by atoms with Crippen molar-refractivity contribution in [3.8, 4) is 0 Å². The van der Waals surface area contributed by atoms with E-state index >= 15 is 0 Å². The normalized spacial score (nSPS) is 10.4. The van der Waals surface area contributed by atoms with Gasteiger partial charge in [0.2, 0.25) is 0 Å². The molecule has 1 heterocycles. The maximum absolute atomic E-state index is 12.3. The Morgan fingerprint density at radius 2 is 2.00 bits per heavy atom. The number of nitrogens with zero attached hydrogens (tertiary/aromatic N) is 1. The van der Waals surface area contributed by atoms with Crippen molar-refractivity contribution in [2.75, 3.05) is 7.05 Å². The maximum Gasteiger partial charge on any atom is 0.255 e. The van der Waals surface area contributed by atoms with Gasteiger partial charge >= 0.3 is 0 Å². The minimum atomic E-state index is 0.00838. The van der Waals surface area contributed by atoms with Crippen LogP contribution in [-0.2, 0) is 6.54 Å². The zero-order valence-electron chi connectivity index (χ0n) is 10.3. The fourth-order valence-corrected chi connectivity index (χ4v) is 2.33. The summed E-state index contributed by atoms with van der Waals surface area (Å²) < 4.78 is 6.44. The zero-order valence-corrected chi connectivity index (χ0v) is 12.5. The minimum Gasteiger partial charge on any atom is -0.464 e. The number of halogens is 1. The van der Waals surface area contributed by atoms with Crippen LogP contribution in [0.3, 0.4) is 0 Å². The Kier molecular flexibility index (Phi) is 4.06. The van der Waals surface area contributed by atoms with E-state index < -0.39 is 0 Å². The number of hydrogen-bond donors (Lipinski definition) is 0. The predicted molar refractivity (Wildman–Crippen MR) is 78.4 cm³/mol. The highest BCUT2D eigenvalue weighted by atomic mass is 127. The first-order valence-electron chi connectivity index (χ1n) is 5.63. The third-order valence-electron chi connectivity index (χ3n) is 2.64. The predicted octanol–water partition coefficient (Wildman–Crippen LogP) is 3.46. The van der Waals surface area contributed by atoms with E-state index in [1.165, 1.54) is 0 Å². The van der Waals surface area contributed by atoms with Crippen LogP contribution in [0.5, 0.6) is 0 Å². The molecule has 18 heavy (non-hydrogen) atoms. The number of hydrogen-bond acceptors (Lipinski definition) is 2. The van der Waals surface area contributed by atoms with Crippen LogP contribution < -0.4 is 0 Å². The average Bonchev–Trinajstić information content (AvgIpc) is 2.74. The second-order valence-corrected chi connectivity index (χ2v) is 5.32. The molecule has 0 spiro atoms. The van der Waals surface area contributed by atoms with Gasteiger partial charge in [-0.05, 0) is 53.8 Å². The third-order valence-corrected chi connectivity index (χ3v) is 3.58. The molecule has 0 bridgehead atoms. The highest BCUT2D eigenvalue weighted by molar-refractivity contribution is 14.1. The summed E-state index contributed by atoms with van der Waals surface area (Å²) >= 11 is 2.17. The lowest BCUT2D eigenvalue weighted by molar-refractivity contribution is 0.0774. The second-order valence-electron chi connectivity index (χ2n) is 4.15. The Morgan fingerprint density at radius 1 is 1.28 bits per heavy atom. The lowest BCUT2D eigenvalue weighted by atomic mass is 10.2. The fourth-order valence-electron chi connectivity index (χ4n) is 1.72. The molecule has 2 aromatic rings. The molecule has 0 aliphatic heterocycles. The largest absolute Gasteiger partial charge is 0.464 e. The Hall–Kier alpha value is -1.30. The summed E-state index contributed by atoms with van der Waals surface area (Å²) in [6.07, 6.45) is 0. The van der Waals surface area contributed by atoms with E-state index in [1.54, 1.807) is 11.9 Å². The first-order chi connectivity index (χ1) is 8.58. The quantitative estimate of drug-likeness (QED) is 0.790. The van der Waals surface area contributed by atoms with E-state index in [0.29, 0.717) is 6.54 Å². The molecule has 1 amide bonds. The smallest absolute Gasteiger partial charge is 0.255 e. The van der Waals surface area contributed by atoms with Gasteiger partial charge in [-0.25, -0.2) is 0 Å². The molecule has 0 aliphatic rings. The SMILES string of the molecule is Cc1ccc(CN(C)C(=O)c2ccccc2I)o1.